The summed E-state index contributed by atoms with van der Waals surface area (Å²) >= 11 is 0. The molecule has 3 unspecified atom stereocenters. The first-order valence-corrected chi connectivity index (χ1v) is 11.0. The van der Waals surface area contributed by atoms with Gasteiger partial charge in [-0.1, -0.05) is 60.7 Å². The van der Waals surface area contributed by atoms with E-state index in [1.54, 1.807) is 0 Å². The molecule has 158 valence electrons. The maximum absolute atomic E-state index is 12.4. The van der Waals surface area contributed by atoms with E-state index in [4.69, 9.17) is 0 Å². The van der Waals surface area contributed by atoms with Crippen molar-refractivity contribution in [2.75, 3.05) is 33.2 Å². The highest BCUT2D eigenvalue weighted by Crippen LogP contribution is 2.46. The summed E-state index contributed by atoms with van der Waals surface area (Å²) in [5, 5.41) is 6.89. The highest BCUT2D eigenvalue weighted by Gasteiger charge is 2.38. The molecule has 2 aliphatic rings. The highest BCUT2D eigenvalue weighted by atomic mass is 16.2. The fraction of sp³-hybridized carbons (Fsp3) is 0.440. The molecule has 0 spiro atoms. The molecular weight excluding hydrogens is 372 g/mol. The standard InChI is InChI=1S/C25H32N4O/c1-26-25(28-17-22-15-23(22)21-10-6-3-7-11-21)27-16-20-14-24(30)29(18-20)13-12-19-8-4-2-5-9-19/h2-11,20,22-23H,12-18H2,1H3,(H2,26,27,28). The molecule has 0 bridgehead atoms. The van der Waals surface area contributed by atoms with Crippen molar-refractivity contribution in [2.24, 2.45) is 16.8 Å². The van der Waals surface area contributed by atoms with Gasteiger partial charge in [-0.05, 0) is 35.8 Å². The van der Waals surface area contributed by atoms with E-state index in [1.165, 1.54) is 17.5 Å². The largest absolute Gasteiger partial charge is 0.356 e. The van der Waals surface area contributed by atoms with Gasteiger partial charge in [0.25, 0.3) is 0 Å². The number of aliphatic imine (C=N–C) groups is 1. The van der Waals surface area contributed by atoms with Crippen LogP contribution in [0.25, 0.3) is 0 Å². The van der Waals surface area contributed by atoms with E-state index in [-0.39, 0.29) is 5.91 Å². The number of amides is 1. The van der Waals surface area contributed by atoms with Crippen molar-refractivity contribution >= 4 is 11.9 Å². The molecular formula is C25H32N4O. The Bertz CT molecular complexity index is 852. The molecule has 30 heavy (non-hydrogen) atoms. The first-order valence-electron chi connectivity index (χ1n) is 11.0. The van der Waals surface area contributed by atoms with Crippen LogP contribution in [0.1, 0.15) is 29.9 Å². The van der Waals surface area contributed by atoms with Gasteiger partial charge in [0.15, 0.2) is 5.96 Å². The molecule has 0 aromatic heterocycles. The first kappa shape index (κ1) is 20.5. The average molecular weight is 405 g/mol. The number of likely N-dealkylation sites (tertiary alicyclic amines) is 1. The fourth-order valence-electron chi connectivity index (χ4n) is 4.39. The summed E-state index contributed by atoms with van der Waals surface area (Å²) in [7, 11) is 1.81. The van der Waals surface area contributed by atoms with E-state index in [1.807, 2.05) is 18.0 Å². The van der Waals surface area contributed by atoms with Crippen LogP contribution in [0.5, 0.6) is 0 Å². The van der Waals surface area contributed by atoms with Gasteiger partial charge in [-0.15, -0.1) is 0 Å². The molecule has 2 aromatic rings. The number of carbonyl (C=O) groups is 1. The molecule has 1 heterocycles. The minimum atomic E-state index is 0.268. The van der Waals surface area contributed by atoms with Crippen molar-refractivity contribution in [1.82, 2.24) is 15.5 Å². The van der Waals surface area contributed by atoms with Crippen molar-refractivity contribution in [2.45, 2.75) is 25.2 Å². The Morgan fingerprint density at radius 3 is 2.47 bits per heavy atom. The molecule has 5 heteroatoms. The number of nitrogens with one attached hydrogen (secondary N) is 2. The summed E-state index contributed by atoms with van der Waals surface area (Å²) < 4.78 is 0. The maximum Gasteiger partial charge on any atom is 0.223 e. The van der Waals surface area contributed by atoms with Gasteiger partial charge in [0.1, 0.15) is 0 Å². The highest BCUT2D eigenvalue weighted by molar-refractivity contribution is 5.80. The summed E-state index contributed by atoms with van der Waals surface area (Å²) in [6.45, 7) is 3.34. The van der Waals surface area contributed by atoms with Crippen LogP contribution < -0.4 is 10.6 Å². The van der Waals surface area contributed by atoms with Gasteiger partial charge in [-0.3, -0.25) is 9.79 Å². The van der Waals surface area contributed by atoms with Crippen molar-refractivity contribution in [3.8, 4) is 0 Å². The maximum atomic E-state index is 12.4. The summed E-state index contributed by atoms with van der Waals surface area (Å²) in [6.07, 6.45) is 2.78. The van der Waals surface area contributed by atoms with Crippen LogP contribution in [-0.4, -0.2) is 50.0 Å². The Morgan fingerprint density at radius 2 is 1.73 bits per heavy atom. The summed E-state index contributed by atoms with van der Waals surface area (Å²) in [6, 6.07) is 21.1. The number of benzene rings is 2. The third-order valence-corrected chi connectivity index (χ3v) is 6.27. The number of hydrogen-bond acceptors (Lipinski definition) is 2. The molecule has 4 rings (SSSR count). The van der Waals surface area contributed by atoms with Crippen molar-refractivity contribution in [1.29, 1.82) is 0 Å². The molecule has 1 aliphatic heterocycles. The molecule has 1 saturated heterocycles. The van der Waals surface area contributed by atoms with E-state index in [0.717, 1.165) is 38.6 Å². The Labute approximate surface area is 179 Å². The molecule has 5 nitrogen and oxygen atoms in total. The smallest absolute Gasteiger partial charge is 0.223 e. The van der Waals surface area contributed by atoms with Crippen LogP contribution in [-0.2, 0) is 11.2 Å². The van der Waals surface area contributed by atoms with Crippen molar-refractivity contribution < 1.29 is 4.79 Å². The fourth-order valence-corrected chi connectivity index (χ4v) is 4.39. The minimum Gasteiger partial charge on any atom is -0.356 e. The predicted octanol–water partition coefficient (Wildman–Crippen LogP) is 3.05. The van der Waals surface area contributed by atoms with Crippen molar-refractivity contribution in [3.05, 3.63) is 71.8 Å². The second kappa shape index (κ2) is 9.79. The Kier molecular flexibility index (Phi) is 6.67. The second-order valence-corrected chi connectivity index (χ2v) is 8.49. The Morgan fingerprint density at radius 1 is 1.03 bits per heavy atom. The second-order valence-electron chi connectivity index (χ2n) is 8.49. The summed E-state index contributed by atoms with van der Waals surface area (Å²) in [5.41, 5.74) is 2.72. The number of carbonyl (C=O) groups excluding carboxylic acids is 1. The monoisotopic (exact) mass is 404 g/mol. The van der Waals surface area contributed by atoms with Gasteiger partial charge in [-0.2, -0.15) is 0 Å². The lowest BCUT2D eigenvalue weighted by Gasteiger charge is -2.18. The van der Waals surface area contributed by atoms with Crippen LogP contribution in [0.4, 0.5) is 0 Å². The quantitative estimate of drug-likeness (QED) is 0.525. The predicted molar refractivity (Wildman–Crippen MR) is 121 cm³/mol. The topological polar surface area (TPSA) is 56.7 Å². The number of hydrogen-bond donors (Lipinski definition) is 2. The summed E-state index contributed by atoms with van der Waals surface area (Å²) in [5.74, 6) is 2.79. The Hall–Kier alpha value is -2.82. The van der Waals surface area contributed by atoms with Crippen LogP contribution in [0, 0.1) is 11.8 Å². The van der Waals surface area contributed by atoms with E-state index in [9.17, 15) is 4.79 Å². The van der Waals surface area contributed by atoms with Gasteiger partial charge >= 0.3 is 0 Å². The molecule has 1 aliphatic carbocycles. The zero-order valence-electron chi connectivity index (χ0n) is 17.8. The number of nitrogens with zero attached hydrogens (tertiary/aromatic N) is 2. The number of guanidine groups is 1. The van der Waals surface area contributed by atoms with E-state index in [2.05, 4.69) is 70.2 Å². The van der Waals surface area contributed by atoms with Gasteiger partial charge in [0.05, 0.1) is 0 Å². The lowest BCUT2D eigenvalue weighted by Crippen LogP contribution is -2.41. The molecule has 2 aromatic carbocycles. The van der Waals surface area contributed by atoms with Crippen LogP contribution in [0.3, 0.4) is 0 Å². The minimum absolute atomic E-state index is 0.268. The molecule has 1 amide bonds. The number of rotatable bonds is 8. The van der Waals surface area contributed by atoms with E-state index < -0.39 is 0 Å². The zero-order chi connectivity index (χ0) is 20.8. The SMILES string of the molecule is CN=C(NCC1CC(=O)N(CCc2ccccc2)C1)NCC1CC1c1ccccc1. The molecule has 2 N–H and O–H groups in total. The van der Waals surface area contributed by atoms with Gasteiger partial charge < -0.3 is 15.5 Å². The average Bonchev–Trinajstić information content (AvgIpc) is 3.48. The normalized spacial score (nSPS) is 23.5. The summed E-state index contributed by atoms with van der Waals surface area (Å²) in [4.78, 5) is 18.7. The molecule has 0 radical (unpaired) electrons. The first-order chi connectivity index (χ1) is 14.7. The van der Waals surface area contributed by atoms with Gasteiger partial charge in [0.2, 0.25) is 5.91 Å². The van der Waals surface area contributed by atoms with Gasteiger partial charge in [0, 0.05) is 45.6 Å². The van der Waals surface area contributed by atoms with Crippen LogP contribution in [0.2, 0.25) is 0 Å². The molecule has 2 fully saturated rings. The van der Waals surface area contributed by atoms with Gasteiger partial charge in [-0.25, -0.2) is 0 Å². The third-order valence-electron chi connectivity index (χ3n) is 6.27. The zero-order valence-corrected chi connectivity index (χ0v) is 17.8. The Balaban J connectivity index is 1.16. The molecule has 3 atom stereocenters. The van der Waals surface area contributed by atoms with Crippen LogP contribution in [0.15, 0.2) is 65.7 Å². The van der Waals surface area contributed by atoms with Crippen molar-refractivity contribution in [3.63, 3.8) is 0 Å². The molecule has 1 saturated carbocycles. The lowest BCUT2D eigenvalue weighted by atomic mass is 10.1. The lowest BCUT2D eigenvalue weighted by molar-refractivity contribution is -0.127. The third kappa shape index (κ3) is 5.41. The van der Waals surface area contributed by atoms with E-state index >= 15 is 0 Å². The van der Waals surface area contributed by atoms with E-state index in [0.29, 0.717) is 24.2 Å². The van der Waals surface area contributed by atoms with Crippen LogP contribution >= 0.6 is 0 Å².